The quantitative estimate of drug-likeness (QED) is 0.439. The van der Waals surface area contributed by atoms with Gasteiger partial charge in [-0.3, -0.25) is 14.5 Å². The van der Waals surface area contributed by atoms with E-state index in [4.69, 9.17) is 9.15 Å². The lowest BCUT2D eigenvalue weighted by Crippen LogP contribution is -2.29. The van der Waals surface area contributed by atoms with Crippen LogP contribution >= 0.6 is 11.3 Å². The second kappa shape index (κ2) is 7.48. The molecule has 3 heterocycles. The Balaban J connectivity index is 1.76. The zero-order valence-electron chi connectivity index (χ0n) is 16.6. The molecule has 8 heteroatoms. The van der Waals surface area contributed by atoms with Crippen LogP contribution < -0.4 is 15.1 Å². The van der Waals surface area contributed by atoms with E-state index >= 15 is 0 Å². The van der Waals surface area contributed by atoms with E-state index in [0.717, 1.165) is 0 Å². The van der Waals surface area contributed by atoms with E-state index in [9.17, 15) is 9.59 Å². The molecule has 0 bridgehead atoms. The highest BCUT2D eigenvalue weighted by Crippen LogP contribution is 2.42. The Bertz CT molecular complexity index is 1390. The van der Waals surface area contributed by atoms with Crippen LogP contribution in [-0.2, 0) is 0 Å². The molecule has 4 aromatic rings. The van der Waals surface area contributed by atoms with Gasteiger partial charge in [0.2, 0.25) is 10.9 Å². The van der Waals surface area contributed by atoms with E-state index < -0.39 is 11.9 Å². The second-order valence-electron chi connectivity index (χ2n) is 7.02. The molecule has 1 amide bonds. The predicted octanol–water partition coefficient (Wildman–Crippen LogP) is 4.27. The summed E-state index contributed by atoms with van der Waals surface area (Å²) < 4.78 is 11.6. The van der Waals surface area contributed by atoms with Crippen molar-refractivity contribution >= 4 is 33.3 Å². The molecule has 0 fully saturated rings. The molecule has 2 aromatic carbocycles. The first kappa shape index (κ1) is 19.2. The van der Waals surface area contributed by atoms with Crippen LogP contribution in [0.25, 0.3) is 11.0 Å². The highest BCUT2D eigenvalue weighted by molar-refractivity contribution is 7.15. The number of para-hydroxylation sites is 1. The number of carbonyl (C=O) groups is 1. The topological polar surface area (TPSA) is 85.5 Å². The summed E-state index contributed by atoms with van der Waals surface area (Å²) in [6.45, 7) is 5.82. The summed E-state index contributed by atoms with van der Waals surface area (Å²) in [5.74, 6) is 0.215. The van der Waals surface area contributed by atoms with Gasteiger partial charge in [-0.1, -0.05) is 48.3 Å². The minimum absolute atomic E-state index is 0.0268. The lowest BCUT2D eigenvalue weighted by Gasteiger charge is -2.22. The Morgan fingerprint density at radius 1 is 1.19 bits per heavy atom. The van der Waals surface area contributed by atoms with E-state index in [2.05, 4.69) is 16.8 Å². The number of ether oxygens (including phenoxy) is 1. The highest BCUT2D eigenvalue weighted by Gasteiger charge is 2.45. The van der Waals surface area contributed by atoms with Gasteiger partial charge in [-0.05, 0) is 36.8 Å². The fraction of sp³-hybridized carbons (Fsp3) is 0.130. The Kier molecular flexibility index (Phi) is 4.63. The Hall–Kier alpha value is -3.78. The SMILES string of the molecule is C=CCOc1cccc([C@H]2c3c(oc4ccccc4c3=O)C(=O)N2c2nnc(C)s2)c1. The molecule has 0 radical (unpaired) electrons. The molecular weight excluding hydrogens is 414 g/mol. The van der Waals surface area contributed by atoms with Crippen molar-refractivity contribution in [2.24, 2.45) is 0 Å². The van der Waals surface area contributed by atoms with Crippen LogP contribution in [-0.4, -0.2) is 22.7 Å². The van der Waals surface area contributed by atoms with Crippen molar-refractivity contribution in [3.05, 3.63) is 93.3 Å². The third-order valence-corrected chi connectivity index (χ3v) is 5.88. The molecule has 0 unspecified atom stereocenters. The lowest BCUT2D eigenvalue weighted by molar-refractivity contribution is 0.0970. The number of carbonyl (C=O) groups excluding carboxylic acids is 1. The van der Waals surface area contributed by atoms with E-state index in [1.54, 1.807) is 30.3 Å². The normalized spacial score (nSPS) is 15.3. The number of nitrogens with zero attached hydrogens (tertiary/aromatic N) is 3. The van der Waals surface area contributed by atoms with Crippen molar-refractivity contribution in [2.45, 2.75) is 13.0 Å². The van der Waals surface area contributed by atoms with Crippen molar-refractivity contribution in [3.63, 3.8) is 0 Å². The molecule has 1 aliphatic heterocycles. The molecule has 0 N–H and O–H groups in total. The fourth-order valence-corrected chi connectivity index (χ4v) is 4.46. The number of benzene rings is 2. The van der Waals surface area contributed by atoms with Gasteiger partial charge in [0.15, 0.2) is 5.43 Å². The Morgan fingerprint density at radius 2 is 2.03 bits per heavy atom. The first-order chi connectivity index (χ1) is 15.1. The van der Waals surface area contributed by atoms with Crippen LogP contribution in [0.3, 0.4) is 0 Å². The summed E-state index contributed by atoms with van der Waals surface area (Å²) in [6, 6.07) is 13.5. The maximum atomic E-state index is 13.5. The van der Waals surface area contributed by atoms with Crippen molar-refractivity contribution in [3.8, 4) is 5.75 Å². The predicted molar refractivity (Wildman–Crippen MR) is 118 cm³/mol. The van der Waals surface area contributed by atoms with Crippen LogP contribution in [0.4, 0.5) is 5.13 Å². The van der Waals surface area contributed by atoms with E-state index in [1.165, 1.54) is 16.2 Å². The van der Waals surface area contributed by atoms with E-state index in [-0.39, 0.29) is 16.8 Å². The summed E-state index contributed by atoms with van der Waals surface area (Å²) in [5.41, 5.74) is 1.13. The van der Waals surface area contributed by atoms with Crippen LogP contribution in [0, 0.1) is 6.92 Å². The maximum Gasteiger partial charge on any atom is 0.297 e. The molecule has 1 aliphatic rings. The van der Waals surface area contributed by atoms with Gasteiger partial charge >= 0.3 is 0 Å². The number of fused-ring (bicyclic) bond motifs is 2. The van der Waals surface area contributed by atoms with Crippen LogP contribution in [0.15, 0.2) is 70.4 Å². The van der Waals surface area contributed by atoms with E-state index in [0.29, 0.717) is 39.0 Å². The third kappa shape index (κ3) is 3.12. The Morgan fingerprint density at radius 3 is 2.81 bits per heavy atom. The van der Waals surface area contributed by atoms with Gasteiger partial charge in [-0.15, -0.1) is 10.2 Å². The van der Waals surface area contributed by atoms with Crippen LogP contribution in [0.1, 0.15) is 32.7 Å². The summed E-state index contributed by atoms with van der Waals surface area (Å²) in [5, 5.41) is 9.76. The summed E-state index contributed by atoms with van der Waals surface area (Å²) >= 11 is 1.28. The molecular formula is C23H17N3O4S. The molecule has 0 saturated carbocycles. The van der Waals surface area contributed by atoms with Crippen LogP contribution in [0.5, 0.6) is 5.75 Å². The minimum atomic E-state index is -0.706. The van der Waals surface area contributed by atoms with Gasteiger partial charge in [-0.25, -0.2) is 0 Å². The highest BCUT2D eigenvalue weighted by atomic mass is 32.1. The van der Waals surface area contributed by atoms with Crippen molar-refractivity contribution in [1.29, 1.82) is 0 Å². The van der Waals surface area contributed by atoms with Gasteiger partial charge in [0.1, 0.15) is 22.9 Å². The molecule has 2 aromatic heterocycles. The number of hydrogen-bond acceptors (Lipinski definition) is 7. The van der Waals surface area contributed by atoms with E-state index in [1.807, 2.05) is 31.2 Å². The van der Waals surface area contributed by atoms with Gasteiger partial charge in [-0.2, -0.15) is 0 Å². The third-order valence-electron chi connectivity index (χ3n) is 5.04. The molecule has 0 saturated heterocycles. The molecule has 31 heavy (non-hydrogen) atoms. The second-order valence-corrected chi connectivity index (χ2v) is 8.18. The Labute approximate surface area is 181 Å². The zero-order valence-corrected chi connectivity index (χ0v) is 17.4. The van der Waals surface area contributed by atoms with Gasteiger partial charge in [0, 0.05) is 0 Å². The average Bonchev–Trinajstić information content (AvgIpc) is 3.33. The lowest BCUT2D eigenvalue weighted by atomic mass is 9.98. The summed E-state index contributed by atoms with van der Waals surface area (Å²) in [4.78, 5) is 28.4. The number of amides is 1. The number of rotatable bonds is 5. The zero-order chi connectivity index (χ0) is 21.5. The maximum absolute atomic E-state index is 13.5. The molecule has 7 nitrogen and oxygen atoms in total. The number of hydrogen-bond donors (Lipinski definition) is 0. The van der Waals surface area contributed by atoms with Gasteiger partial charge in [0.05, 0.1) is 17.0 Å². The van der Waals surface area contributed by atoms with Gasteiger partial charge < -0.3 is 9.15 Å². The standard InChI is InChI=1S/C23H17N3O4S/c1-3-11-29-15-8-6-7-14(12-15)19-18-20(27)16-9-4-5-10-17(16)30-21(18)22(28)26(19)23-25-24-13(2)31-23/h3-10,12,19H,1,11H2,2H3/t19-/m0/s1. The number of aromatic nitrogens is 2. The smallest absolute Gasteiger partial charge is 0.297 e. The summed E-state index contributed by atoms with van der Waals surface area (Å²) in [6.07, 6.45) is 1.65. The molecule has 1 atom stereocenters. The first-order valence-corrected chi connectivity index (χ1v) is 10.4. The van der Waals surface area contributed by atoms with Gasteiger partial charge in [0.25, 0.3) is 5.91 Å². The first-order valence-electron chi connectivity index (χ1n) is 9.61. The number of aryl methyl sites for hydroxylation is 1. The average molecular weight is 431 g/mol. The molecule has 154 valence electrons. The largest absolute Gasteiger partial charge is 0.490 e. The molecule has 0 spiro atoms. The summed E-state index contributed by atoms with van der Waals surface area (Å²) in [7, 11) is 0. The molecule has 5 rings (SSSR count). The van der Waals surface area contributed by atoms with Crippen LogP contribution in [0.2, 0.25) is 0 Å². The van der Waals surface area contributed by atoms with Crippen molar-refractivity contribution < 1.29 is 13.9 Å². The minimum Gasteiger partial charge on any atom is -0.490 e. The molecule has 0 aliphatic carbocycles. The van der Waals surface area contributed by atoms with Crippen molar-refractivity contribution in [1.82, 2.24) is 10.2 Å². The number of anilines is 1. The fourth-order valence-electron chi connectivity index (χ4n) is 3.75. The monoisotopic (exact) mass is 431 g/mol. The van der Waals surface area contributed by atoms with Crippen molar-refractivity contribution in [2.75, 3.05) is 11.5 Å².